The Balaban J connectivity index is 1.64. The molecule has 0 radical (unpaired) electrons. The number of hydrogen-bond donors (Lipinski definition) is 1. The molecule has 32 heavy (non-hydrogen) atoms. The predicted molar refractivity (Wildman–Crippen MR) is 125 cm³/mol. The standard InChI is InChI=1S/C24H24N4O3S/c1-13(2)31-19-8-6-5-7-16(19)17-12-21(29)26-23-22(17)14(3)27-28(23)24-25-18-10-9-15(30-4)11-20(18)32-24/h5-11,13,17H,12H2,1-4H3,(H,26,29). The molecule has 1 aliphatic rings. The van der Waals surface area contributed by atoms with E-state index in [0.29, 0.717) is 17.4 Å². The van der Waals surface area contributed by atoms with Crippen molar-refractivity contribution >= 4 is 33.3 Å². The number of nitrogens with zero attached hydrogens (tertiary/aromatic N) is 3. The van der Waals surface area contributed by atoms with Crippen molar-refractivity contribution in [3.8, 4) is 16.6 Å². The number of nitrogens with one attached hydrogen (secondary N) is 1. The average molecular weight is 449 g/mol. The quantitative estimate of drug-likeness (QED) is 0.462. The second-order valence-corrected chi connectivity index (χ2v) is 9.11. The molecule has 3 heterocycles. The highest BCUT2D eigenvalue weighted by Crippen LogP contribution is 2.44. The van der Waals surface area contributed by atoms with E-state index >= 15 is 0 Å². The summed E-state index contributed by atoms with van der Waals surface area (Å²) in [5.41, 5.74) is 3.72. The van der Waals surface area contributed by atoms with E-state index in [0.717, 1.165) is 38.5 Å². The van der Waals surface area contributed by atoms with Crippen LogP contribution in [0, 0.1) is 6.92 Å². The summed E-state index contributed by atoms with van der Waals surface area (Å²) >= 11 is 1.51. The number of para-hydroxylation sites is 1. The van der Waals surface area contributed by atoms with Crippen molar-refractivity contribution in [3.05, 3.63) is 59.3 Å². The van der Waals surface area contributed by atoms with Crippen LogP contribution < -0.4 is 14.8 Å². The Bertz CT molecular complexity index is 1320. The summed E-state index contributed by atoms with van der Waals surface area (Å²) in [6.07, 6.45) is 0.381. The Morgan fingerprint density at radius 2 is 2.03 bits per heavy atom. The molecule has 2 aromatic carbocycles. The number of rotatable bonds is 5. The van der Waals surface area contributed by atoms with E-state index in [9.17, 15) is 4.79 Å². The van der Waals surface area contributed by atoms with Crippen LogP contribution in [0.4, 0.5) is 5.82 Å². The first-order chi connectivity index (χ1) is 15.4. The summed E-state index contributed by atoms with van der Waals surface area (Å²) in [5, 5.41) is 8.52. The maximum Gasteiger partial charge on any atom is 0.226 e. The third-order valence-corrected chi connectivity index (χ3v) is 6.52. The zero-order valence-corrected chi connectivity index (χ0v) is 19.2. The number of aryl methyl sites for hydroxylation is 1. The molecule has 4 aromatic rings. The maximum atomic E-state index is 12.8. The summed E-state index contributed by atoms with van der Waals surface area (Å²) in [6.45, 7) is 5.98. The Hall–Kier alpha value is -3.39. The highest BCUT2D eigenvalue weighted by Gasteiger charge is 2.34. The molecule has 164 valence electrons. The summed E-state index contributed by atoms with van der Waals surface area (Å²) in [6, 6.07) is 13.7. The zero-order valence-electron chi connectivity index (χ0n) is 18.4. The molecule has 7 nitrogen and oxygen atoms in total. The van der Waals surface area contributed by atoms with Crippen molar-refractivity contribution in [1.82, 2.24) is 14.8 Å². The van der Waals surface area contributed by atoms with Gasteiger partial charge in [0.25, 0.3) is 0 Å². The van der Waals surface area contributed by atoms with Gasteiger partial charge in [-0.25, -0.2) is 4.98 Å². The lowest BCUT2D eigenvalue weighted by molar-refractivity contribution is -0.116. The van der Waals surface area contributed by atoms with E-state index < -0.39 is 0 Å². The van der Waals surface area contributed by atoms with Crippen LogP contribution in [-0.2, 0) is 4.79 Å². The average Bonchev–Trinajstić information content (AvgIpc) is 3.33. The number of benzene rings is 2. The Labute approximate surface area is 190 Å². The van der Waals surface area contributed by atoms with Crippen LogP contribution >= 0.6 is 11.3 Å². The van der Waals surface area contributed by atoms with Gasteiger partial charge >= 0.3 is 0 Å². The van der Waals surface area contributed by atoms with Crippen LogP contribution in [0.3, 0.4) is 0 Å². The van der Waals surface area contributed by atoms with Gasteiger partial charge in [-0.05, 0) is 45.0 Å². The van der Waals surface area contributed by atoms with Crippen molar-refractivity contribution in [2.75, 3.05) is 12.4 Å². The SMILES string of the molecule is COc1ccc2nc(-n3nc(C)c4c3NC(=O)CC4c3ccccc3OC(C)C)sc2c1. The Morgan fingerprint density at radius 3 is 2.81 bits per heavy atom. The van der Waals surface area contributed by atoms with Crippen LogP contribution in [0.1, 0.15) is 43.0 Å². The summed E-state index contributed by atoms with van der Waals surface area (Å²) in [7, 11) is 1.65. The maximum absolute atomic E-state index is 12.8. The van der Waals surface area contributed by atoms with Gasteiger partial charge in [0.15, 0.2) is 0 Å². The Kier molecular flexibility index (Phi) is 5.09. The molecule has 8 heteroatoms. The third-order valence-electron chi connectivity index (χ3n) is 5.53. The van der Waals surface area contributed by atoms with Crippen LogP contribution in [0.25, 0.3) is 15.3 Å². The highest BCUT2D eigenvalue weighted by atomic mass is 32.1. The van der Waals surface area contributed by atoms with Crippen molar-refractivity contribution < 1.29 is 14.3 Å². The first kappa shape index (κ1) is 20.5. The Morgan fingerprint density at radius 1 is 1.22 bits per heavy atom. The van der Waals surface area contributed by atoms with E-state index in [4.69, 9.17) is 19.6 Å². The van der Waals surface area contributed by atoms with E-state index in [1.165, 1.54) is 11.3 Å². The number of carbonyl (C=O) groups is 1. The third kappa shape index (κ3) is 3.50. The predicted octanol–water partition coefficient (Wildman–Crippen LogP) is 5.06. The number of carbonyl (C=O) groups excluding carboxylic acids is 1. The highest BCUT2D eigenvalue weighted by molar-refractivity contribution is 7.20. The molecule has 0 saturated carbocycles. The van der Waals surface area contributed by atoms with Crippen molar-refractivity contribution in [2.45, 2.75) is 39.2 Å². The minimum atomic E-state index is -0.142. The van der Waals surface area contributed by atoms with E-state index in [1.807, 2.05) is 63.2 Å². The lowest BCUT2D eigenvalue weighted by Gasteiger charge is -2.26. The van der Waals surface area contributed by atoms with Crippen molar-refractivity contribution in [1.29, 1.82) is 0 Å². The number of amides is 1. The second kappa shape index (κ2) is 7.94. The molecule has 0 bridgehead atoms. The van der Waals surface area contributed by atoms with Crippen molar-refractivity contribution in [3.63, 3.8) is 0 Å². The molecule has 1 aliphatic heterocycles. The topological polar surface area (TPSA) is 78.3 Å². The fourth-order valence-corrected chi connectivity index (χ4v) is 5.14. The lowest BCUT2D eigenvalue weighted by atomic mass is 9.85. The van der Waals surface area contributed by atoms with Gasteiger partial charge in [-0.3, -0.25) is 4.79 Å². The number of hydrogen-bond acceptors (Lipinski definition) is 6. The van der Waals surface area contributed by atoms with Gasteiger partial charge in [0, 0.05) is 23.5 Å². The van der Waals surface area contributed by atoms with Crippen LogP contribution in [0.5, 0.6) is 11.5 Å². The van der Waals surface area contributed by atoms with Crippen LogP contribution in [0.15, 0.2) is 42.5 Å². The number of thiazole rings is 1. The largest absolute Gasteiger partial charge is 0.497 e. The number of ether oxygens (including phenoxy) is 2. The minimum absolute atomic E-state index is 0.0385. The monoisotopic (exact) mass is 448 g/mol. The van der Waals surface area contributed by atoms with Gasteiger partial charge in [0.2, 0.25) is 11.0 Å². The number of anilines is 1. The molecule has 1 amide bonds. The molecule has 0 saturated heterocycles. The first-order valence-corrected chi connectivity index (χ1v) is 11.4. The second-order valence-electron chi connectivity index (χ2n) is 8.10. The molecular weight excluding hydrogens is 424 g/mol. The summed E-state index contributed by atoms with van der Waals surface area (Å²) < 4.78 is 14.1. The van der Waals surface area contributed by atoms with E-state index in [-0.39, 0.29) is 17.9 Å². The molecule has 0 aliphatic carbocycles. The number of methoxy groups -OCH3 is 1. The van der Waals surface area contributed by atoms with E-state index in [2.05, 4.69) is 5.32 Å². The fourth-order valence-electron chi connectivity index (χ4n) is 4.19. The molecule has 0 fully saturated rings. The molecule has 1 atom stereocenters. The molecule has 1 N–H and O–H groups in total. The molecule has 5 rings (SSSR count). The molecule has 2 aromatic heterocycles. The molecule has 0 spiro atoms. The molecule has 1 unspecified atom stereocenters. The number of fused-ring (bicyclic) bond motifs is 2. The number of aromatic nitrogens is 3. The van der Waals surface area contributed by atoms with Gasteiger partial charge in [-0.15, -0.1) is 0 Å². The van der Waals surface area contributed by atoms with Gasteiger partial charge < -0.3 is 14.8 Å². The van der Waals surface area contributed by atoms with Gasteiger partial charge in [-0.1, -0.05) is 29.5 Å². The smallest absolute Gasteiger partial charge is 0.226 e. The molecular formula is C24H24N4O3S. The normalized spacial score (nSPS) is 15.7. The zero-order chi connectivity index (χ0) is 22.4. The van der Waals surface area contributed by atoms with Gasteiger partial charge in [0.1, 0.15) is 17.3 Å². The summed E-state index contributed by atoms with van der Waals surface area (Å²) in [4.78, 5) is 17.5. The van der Waals surface area contributed by atoms with E-state index in [1.54, 1.807) is 11.8 Å². The van der Waals surface area contributed by atoms with Crippen LogP contribution in [-0.4, -0.2) is 33.9 Å². The lowest BCUT2D eigenvalue weighted by Crippen LogP contribution is -2.25. The minimum Gasteiger partial charge on any atom is -0.497 e. The van der Waals surface area contributed by atoms with Gasteiger partial charge in [0.05, 0.1) is 29.1 Å². The van der Waals surface area contributed by atoms with Crippen LogP contribution in [0.2, 0.25) is 0 Å². The van der Waals surface area contributed by atoms with Crippen molar-refractivity contribution in [2.24, 2.45) is 0 Å². The van der Waals surface area contributed by atoms with Gasteiger partial charge in [-0.2, -0.15) is 9.78 Å². The fraction of sp³-hybridized carbons (Fsp3) is 0.292. The first-order valence-electron chi connectivity index (χ1n) is 10.5. The summed E-state index contributed by atoms with van der Waals surface area (Å²) in [5.74, 6) is 2.06.